The van der Waals surface area contributed by atoms with E-state index in [1.165, 1.54) is 0 Å². The lowest BCUT2D eigenvalue weighted by Crippen LogP contribution is -2.45. The predicted molar refractivity (Wildman–Crippen MR) is 89.9 cm³/mol. The first-order chi connectivity index (χ1) is 11.7. The number of carbonyl (C=O) groups excluding carboxylic acids is 1. The van der Waals surface area contributed by atoms with E-state index in [1.807, 2.05) is 15.5 Å². The predicted octanol–water partition coefficient (Wildman–Crippen LogP) is 2.31. The summed E-state index contributed by atoms with van der Waals surface area (Å²) in [6.45, 7) is 4.38. The van der Waals surface area contributed by atoms with E-state index in [0.717, 1.165) is 68.8 Å². The number of fused-ring (bicyclic) bond motifs is 1. The second-order valence-electron chi connectivity index (χ2n) is 6.88. The molecule has 128 valence electrons. The van der Waals surface area contributed by atoms with Crippen molar-refractivity contribution >= 4 is 11.6 Å². The fraction of sp³-hybridized carbons (Fsp3) is 0.611. The minimum absolute atomic E-state index is 0.184. The van der Waals surface area contributed by atoms with Gasteiger partial charge in [0, 0.05) is 43.1 Å². The lowest BCUT2D eigenvalue weighted by molar-refractivity contribution is -0.147. The Morgan fingerprint density at radius 3 is 2.83 bits per heavy atom. The third-order valence-corrected chi connectivity index (χ3v) is 5.24. The van der Waals surface area contributed by atoms with Crippen LogP contribution in [0.4, 0.5) is 0 Å². The molecule has 2 aromatic heterocycles. The number of carbonyl (C=O) groups is 1. The summed E-state index contributed by atoms with van der Waals surface area (Å²) in [5.74, 6) is 0.600. The maximum Gasteiger partial charge on any atom is 0.251 e. The van der Waals surface area contributed by atoms with Gasteiger partial charge in [-0.2, -0.15) is 5.10 Å². The van der Waals surface area contributed by atoms with Gasteiger partial charge in [-0.25, -0.2) is 9.50 Å². The number of piperidine rings is 1. The number of aromatic nitrogens is 3. The number of aryl methyl sites for hydroxylation is 1. The summed E-state index contributed by atoms with van der Waals surface area (Å²) in [6.07, 6.45) is 6.56. The summed E-state index contributed by atoms with van der Waals surface area (Å²) in [7, 11) is 0. The molecule has 0 aliphatic carbocycles. The van der Waals surface area contributed by atoms with Crippen molar-refractivity contribution in [1.29, 1.82) is 0 Å². The lowest BCUT2D eigenvalue weighted by Gasteiger charge is -2.35. The highest BCUT2D eigenvalue weighted by Crippen LogP contribution is 2.28. The number of hydrogen-bond donors (Lipinski definition) is 0. The standard InChI is InChI=1S/C18H24N4O2/c1-13-12-15(20-17-5-8-19-22(13)17)14-6-9-21(10-7-14)18(23)16-4-2-3-11-24-16/h5,8,12,14,16H,2-4,6-7,9-11H2,1H3/t16-/m0/s1. The molecule has 2 aliphatic rings. The first kappa shape index (κ1) is 15.6. The van der Waals surface area contributed by atoms with Crippen LogP contribution in [0.5, 0.6) is 0 Å². The third-order valence-electron chi connectivity index (χ3n) is 5.24. The van der Waals surface area contributed by atoms with Crippen molar-refractivity contribution in [3.8, 4) is 0 Å². The summed E-state index contributed by atoms with van der Waals surface area (Å²) in [5, 5.41) is 4.28. The van der Waals surface area contributed by atoms with Gasteiger partial charge >= 0.3 is 0 Å². The van der Waals surface area contributed by atoms with Gasteiger partial charge in [0.15, 0.2) is 5.65 Å². The van der Waals surface area contributed by atoms with Crippen molar-refractivity contribution in [2.24, 2.45) is 0 Å². The quantitative estimate of drug-likeness (QED) is 0.849. The molecule has 2 aromatic rings. The Kier molecular flexibility index (Phi) is 4.22. The SMILES string of the molecule is Cc1cc(C2CCN(C(=O)[C@@H]3CCCCO3)CC2)nc2ccnn12. The van der Waals surface area contributed by atoms with Crippen LogP contribution >= 0.6 is 0 Å². The molecule has 0 aromatic carbocycles. The van der Waals surface area contributed by atoms with Gasteiger partial charge in [0.2, 0.25) is 0 Å². The van der Waals surface area contributed by atoms with Gasteiger partial charge < -0.3 is 9.64 Å². The number of likely N-dealkylation sites (tertiary alicyclic amines) is 1. The Morgan fingerprint density at radius 1 is 1.25 bits per heavy atom. The van der Waals surface area contributed by atoms with Gasteiger partial charge in [0.25, 0.3) is 5.91 Å². The number of rotatable bonds is 2. The molecule has 2 saturated heterocycles. The molecule has 4 rings (SSSR count). The highest BCUT2D eigenvalue weighted by Gasteiger charge is 2.30. The van der Waals surface area contributed by atoms with E-state index in [2.05, 4.69) is 18.1 Å². The number of ether oxygens (including phenoxy) is 1. The van der Waals surface area contributed by atoms with E-state index in [-0.39, 0.29) is 12.0 Å². The van der Waals surface area contributed by atoms with Crippen LogP contribution in [-0.2, 0) is 9.53 Å². The van der Waals surface area contributed by atoms with Crippen LogP contribution in [0.3, 0.4) is 0 Å². The second-order valence-corrected chi connectivity index (χ2v) is 6.88. The van der Waals surface area contributed by atoms with Crippen LogP contribution in [0.1, 0.15) is 49.4 Å². The molecule has 6 nitrogen and oxygen atoms in total. The molecule has 0 N–H and O–H groups in total. The monoisotopic (exact) mass is 328 g/mol. The summed E-state index contributed by atoms with van der Waals surface area (Å²) >= 11 is 0. The Labute approximate surface area is 141 Å². The van der Waals surface area contributed by atoms with Gasteiger partial charge in [0.05, 0.1) is 6.20 Å². The summed E-state index contributed by atoms with van der Waals surface area (Å²) in [5.41, 5.74) is 3.13. The molecule has 1 atom stereocenters. The smallest absolute Gasteiger partial charge is 0.251 e. The maximum atomic E-state index is 12.6. The first-order valence-electron chi connectivity index (χ1n) is 8.94. The molecule has 2 fully saturated rings. The Morgan fingerprint density at radius 2 is 2.08 bits per heavy atom. The van der Waals surface area contributed by atoms with Crippen LogP contribution < -0.4 is 0 Å². The van der Waals surface area contributed by atoms with E-state index < -0.39 is 0 Å². The van der Waals surface area contributed by atoms with Gasteiger partial charge in [-0.1, -0.05) is 0 Å². The lowest BCUT2D eigenvalue weighted by atomic mass is 9.92. The minimum Gasteiger partial charge on any atom is -0.368 e. The Hall–Kier alpha value is -1.95. The molecule has 0 unspecified atom stereocenters. The number of hydrogen-bond acceptors (Lipinski definition) is 4. The summed E-state index contributed by atoms with van der Waals surface area (Å²) < 4.78 is 7.51. The van der Waals surface area contributed by atoms with Gasteiger partial charge in [-0.15, -0.1) is 0 Å². The van der Waals surface area contributed by atoms with E-state index in [4.69, 9.17) is 9.72 Å². The normalized spacial score (nSPS) is 22.9. The topological polar surface area (TPSA) is 59.7 Å². The summed E-state index contributed by atoms with van der Waals surface area (Å²) in [4.78, 5) is 19.3. The van der Waals surface area contributed by atoms with Gasteiger partial charge in [0.1, 0.15) is 6.10 Å². The van der Waals surface area contributed by atoms with Crippen LogP contribution in [-0.4, -0.2) is 51.2 Å². The molecule has 4 heterocycles. The zero-order valence-corrected chi connectivity index (χ0v) is 14.1. The van der Waals surface area contributed by atoms with E-state index >= 15 is 0 Å². The fourth-order valence-corrected chi connectivity index (χ4v) is 3.84. The van der Waals surface area contributed by atoms with Crippen molar-refractivity contribution in [2.45, 2.75) is 51.0 Å². The highest BCUT2D eigenvalue weighted by atomic mass is 16.5. The van der Waals surface area contributed by atoms with E-state index in [0.29, 0.717) is 5.92 Å². The van der Waals surface area contributed by atoms with Crippen molar-refractivity contribution in [2.75, 3.05) is 19.7 Å². The molecular weight excluding hydrogens is 304 g/mol. The molecule has 1 amide bonds. The van der Waals surface area contributed by atoms with Crippen molar-refractivity contribution in [3.63, 3.8) is 0 Å². The highest BCUT2D eigenvalue weighted by molar-refractivity contribution is 5.81. The molecule has 0 spiro atoms. The van der Waals surface area contributed by atoms with E-state index in [1.54, 1.807) is 6.20 Å². The van der Waals surface area contributed by atoms with Crippen LogP contribution in [0, 0.1) is 6.92 Å². The molecule has 0 bridgehead atoms. The largest absolute Gasteiger partial charge is 0.368 e. The maximum absolute atomic E-state index is 12.6. The van der Waals surface area contributed by atoms with Crippen LogP contribution in [0.25, 0.3) is 5.65 Å². The number of nitrogens with zero attached hydrogens (tertiary/aromatic N) is 4. The van der Waals surface area contributed by atoms with Crippen LogP contribution in [0.15, 0.2) is 18.3 Å². The van der Waals surface area contributed by atoms with E-state index in [9.17, 15) is 4.79 Å². The Balaban J connectivity index is 1.42. The summed E-state index contributed by atoms with van der Waals surface area (Å²) in [6, 6.07) is 4.07. The first-order valence-corrected chi connectivity index (χ1v) is 8.94. The number of amides is 1. The molecular formula is C18H24N4O2. The van der Waals surface area contributed by atoms with Crippen LogP contribution in [0.2, 0.25) is 0 Å². The Bertz CT molecular complexity index is 728. The molecule has 0 radical (unpaired) electrons. The minimum atomic E-state index is -0.209. The fourth-order valence-electron chi connectivity index (χ4n) is 3.84. The zero-order chi connectivity index (χ0) is 16.5. The van der Waals surface area contributed by atoms with Crippen molar-refractivity contribution in [3.05, 3.63) is 29.7 Å². The van der Waals surface area contributed by atoms with Crippen molar-refractivity contribution < 1.29 is 9.53 Å². The van der Waals surface area contributed by atoms with Gasteiger partial charge in [-0.3, -0.25) is 4.79 Å². The molecule has 6 heteroatoms. The molecule has 2 aliphatic heterocycles. The third kappa shape index (κ3) is 2.90. The zero-order valence-electron chi connectivity index (χ0n) is 14.1. The average Bonchev–Trinajstić information content (AvgIpc) is 3.11. The molecule has 24 heavy (non-hydrogen) atoms. The van der Waals surface area contributed by atoms with Crippen molar-refractivity contribution in [1.82, 2.24) is 19.5 Å². The second kappa shape index (κ2) is 6.51. The average molecular weight is 328 g/mol. The van der Waals surface area contributed by atoms with Gasteiger partial charge in [-0.05, 0) is 45.1 Å². The molecule has 0 saturated carbocycles.